The molecular formula is C6H12N2O. The van der Waals surface area contributed by atoms with Crippen LogP contribution in [0.2, 0.25) is 0 Å². The normalized spacial score (nSPS) is 12.2. The minimum atomic E-state index is -0.315. The van der Waals surface area contributed by atoms with Gasteiger partial charge in [0.1, 0.15) is 0 Å². The monoisotopic (exact) mass is 128 g/mol. The highest BCUT2D eigenvalue weighted by atomic mass is 16.1. The van der Waals surface area contributed by atoms with Gasteiger partial charge in [-0.15, -0.1) is 0 Å². The number of amides is 1. The zero-order chi connectivity index (χ0) is 7.28. The molecule has 0 radical (unpaired) electrons. The minimum Gasteiger partial charge on any atom is -0.349 e. The van der Waals surface area contributed by atoms with E-state index in [4.69, 9.17) is 5.41 Å². The molecule has 0 spiro atoms. The van der Waals surface area contributed by atoms with Crippen molar-refractivity contribution in [1.82, 2.24) is 5.32 Å². The van der Waals surface area contributed by atoms with Crippen molar-refractivity contribution in [3.63, 3.8) is 0 Å². The summed E-state index contributed by atoms with van der Waals surface area (Å²) >= 11 is 0. The van der Waals surface area contributed by atoms with Crippen molar-refractivity contribution in [2.24, 2.45) is 0 Å². The third-order valence-corrected chi connectivity index (χ3v) is 1.13. The first kappa shape index (κ1) is 8.14. The van der Waals surface area contributed by atoms with Crippen LogP contribution >= 0.6 is 0 Å². The fraction of sp³-hybridized carbons (Fsp3) is 0.667. The Morgan fingerprint density at radius 3 is 2.78 bits per heavy atom. The first-order valence-corrected chi connectivity index (χ1v) is 3.01. The third-order valence-electron chi connectivity index (χ3n) is 1.13. The van der Waals surface area contributed by atoms with Crippen molar-refractivity contribution in [3.05, 3.63) is 0 Å². The molecule has 0 aromatic heterocycles. The smallest absolute Gasteiger partial charge is 0.261 e. The van der Waals surface area contributed by atoms with Crippen LogP contribution in [-0.2, 0) is 4.79 Å². The Balaban J connectivity index is 3.46. The van der Waals surface area contributed by atoms with Gasteiger partial charge in [-0.25, -0.2) is 0 Å². The standard InChI is InChI=1S/C6H12N2O/c1-3-5(2)8-6(9)4-7/h4-5,7H,3H2,1-2H3,(H,8,9). The van der Waals surface area contributed by atoms with E-state index in [0.717, 1.165) is 12.6 Å². The largest absolute Gasteiger partial charge is 0.349 e. The van der Waals surface area contributed by atoms with E-state index in [1.807, 2.05) is 13.8 Å². The van der Waals surface area contributed by atoms with E-state index in [-0.39, 0.29) is 11.9 Å². The predicted molar refractivity (Wildman–Crippen MR) is 36.7 cm³/mol. The maximum atomic E-state index is 10.4. The Morgan fingerprint density at radius 1 is 1.89 bits per heavy atom. The Morgan fingerprint density at radius 2 is 2.44 bits per heavy atom. The molecule has 0 bridgehead atoms. The molecular weight excluding hydrogens is 116 g/mol. The summed E-state index contributed by atoms with van der Waals surface area (Å²) in [5.41, 5.74) is 0. The van der Waals surface area contributed by atoms with E-state index in [1.54, 1.807) is 0 Å². The molecule has 1 amide bonds. The molecule has 0 aromatic rings. The molecule has 1 unspecified atom stereocenters. The molecule has 0 rings (SSSR count). The Hall–Kier alpha value is -0.860. The number of carbonyl (C=O) groups excluding carboxylic acids is 1. The van der Waals surface area contributed by atoms with Gasteiger partial charge >= 0.3 is 0 Å². The van der Waals surface area contributed by atoms with Crippen LogP contribution in [0.1, 0.15) is 20.3 Å². The van der Waals surface area contributed by atoms with Gasteiger partial charge in [0.15, 0.2) is 0 Å². The van der Waals surface area contributed by atoms with Crippen LogP contribution in [0.15, 0.2) is 0 Å². The minimum absolute atomic E-state index is 0.180. The molecule has 3 nitrogen and oxygen atoms in total. The molecule has 2 N–H and O–H groups in total. The summed E-state index contributed by atoms with van der Waals surface area (Å²) in [6.45, 7) is 3.89. The molecule has 0 saturated carbocycles. The summed E-state index contributed by atoms with van der Waals surface area (Å²) in [4.78, 5) is 10.4. The second kappa shape index (κ2) is 4.06. The van der Waals surface area contributed by atoms with Crippen molar-refractivity contribution in [3.8, 4) is 0 Å². The number of hydrogen-bond acceptors (Lipinski definition) is 2. The van der Waals surface area contributed by atoms with Crippen molar-refractivity contribution in [1.29, 1.82) is 5.41 Å². The molecule has 0 aliphatic rings. The van der Waals surface area contributed by atoms with Gasteiger partial charge in [0.05, 0.1) is 6.21 Å². The summed E-state index contributed by atoms with van der Waals surface area (Å²) in [6.07, 6.45) is 1.69. The zero-order valence-corrected chi connectivity index (χ0v) is 5.77. The molecule has 52 valence electrons. The van der Waals surface area contributed by atoms with Crippen LogP contribution in [0.5, 0.6) is 0 Å². The van der Waals surface area contributed by atoms with Crippen molar-refractivity contribution >= 4 is 12.1 Å². The second-order valence-electron chi connectivity index (χ2n) is 1.96. The average Bonchev–Trinajstić information content (AvgIpc) is 1.87. The van der Waals surface area contributed by atoms with E-state index in [1.165, 1.54) is 0 Å². The van der Waals surface area contributed by atoms with Gasteiger partial charge in [0, 0.05) is 6.04 Å². The van der Waals surface area contributed by atoms with Gasteiger partial charge in [-0.1, -0.05) is 6.92 Å². The predicted octanol–water partition coefficient (Wildman–Crippen LogP) is 0.551. The molecule has 0 saturated heterocycles. The maximum absolute atomic E-state index is 10.4. The van der Waals surface area contributed by atoms with Crippen molar-refractivity contribution in [2.75, 3.05) is 0 Å². The first-order chi connectivity index (χ1) is 4.20. The van der Waals surface area contributed by atoms with Gasteiger partial charge in [-0.3, -0.25) is 4.79 Å². The highest BCUT2D eigenvalue weighted by Crippen LogP contribution is 1.85. The van der Waals surface area contributed by atoms with Crippen LogP contribution < -0.4 is 5.32 Å². The van der Waals surface area contributed by atoms with E-state index in [9.17, 15) is 4.79 Å². The molecule has 0 aromatic carbocycles. The summed E-state index contributed by atoms with van der Waals surface area (Å²) in [5.74, 6) is -0.315. The van der Waals surface area contributed by atoms with E-state index in [0.29, 0.717) is 0 Å². The molecule has 0 heterocycles. The molecule has 0 aliphatic carbocycles. The SMILES string of the molecule is CCC(C)NC(=O)C=N. The lowest BCUT2D eigenvalue weighted by molar-refractivity contribution is -0.115. The van der Waals surface area contributed by atoms with Gasteiger partial charge < -0.3 is 10.7 Å². The summed E-state index contributed by atoms with van der Waals surface area (Å²) < 4.78 is 0. The summed E-state index contributed by atoms with van der Waals surface area (Å²) in [5, 5.41) is 9.14. The van der Waals surface area contributed by atoms with Crippen LogP contribution in [0.4, 0.5) is 0 Å². The summed E-state index contributed by atoms with van der Waals surface area (Å²) in [6, 6.07) is 0.180. The van der Waals surface area contributed by atoms with Gasteiger partial charge in [0.2, 0.25) is 0 Å². The highest BCUT2D eigenvalue weighted by molar-refractivity contribution is 6.24. The maximum Gasteiger partial charge on any atom is 0.261 e. The van der Waals surface area contributed by atoms with E-state index in [2.05, 4.69) is 5.32 Å². The second-order valence-corrected chi connectivity index (χ2v) is 1.96. The fourth-order valence-electron chi connectivity index (χ4n) is 0.387. The fourth-order valence-corrected chi connectivity index (χ4v) is 0.387. The topological polar surface area (TPSA) is 53.0 Å². The van der Waals surface area contributed by atoms with Gasteiger partial charge in [0.25, 0.3) is 5.91 Å². The third kappa shape index (κ3) is 3.70. The molecule has 0 fully saturated rings. The van der Waals surface area contributed by atoms with Crippen LogP contribution in [0.3, 0.4) is 0 Å². The van der Waals surface area contributed by atoms with Gasteiger partial charge in [-0.05, 0) is 13.3 Å². The van der Waals surface area contributed by atoms with E-state index >= 15 is 0 Å². The van der Waals surface area contributed by atoms with Crippen LogP contribution in [-0.4, -0.2) is 18.2 Å². The number of nitrogens with one attached hydrogen (secondary N) is 2. The quantitative estimate of drug-likeness (QED) is 0.536. The zero-order valence-electron chi connectivity index (χ0n) is 5.77. The molecule has 9 heavy (non-hydrogen) atoms. The molecule has 3 heteroatoms. The lowest BCUT2D eigenvalue weighted by atomic mass is 10.3. The van der Waals surface area contributed by atoms with Crippen molar-refractivity contribution in [2.45, 2.75) is 26.3 Å². The van der Waals surface area contributed by atoms with Gasteiger partial charge in [-0.2, -0.15) is 0 Å². The summed E-state index contributed by atoms with van der Waals surface area (Å²) in [7, 11) is 0. The Labute approximate surface area is 55.0 Å². The lowest BCUT2D eigenvalue weighted by Gasteiger charge is -2.07. The van der Waals surface area contributed by atoms with E-state index < -0.39 is 0 Å². The van der Waals surface area contributed by atoms with Crippen molar-refractivity contribution < 1.29 is 4.79 Å². The average molecular weight is 128 g/mol. The van der Waals surface area contributed by atoms with Crippen LogP contribution in [0, 0.1) is 5.41 Å². The lowest BCUT2D eigenvalue weighted by Crippen LogP contribution is -2.32. The molecule has 0 aliphatic heterocycles. The highest BCUT2D eigenvalue weighted by Gasteiger charge is 1.99. The number of carbonyl (C=O) groups is 1. The molecule has 1 atom stereocenters. The Kier molecular flexibility index (Phi) is 3.67. The Bertz CT molecular complexity index is 112. The number of rotatable bonds is 3. The number of hydrogen-bond donors (Lipinski definition) is 2. The first-order valence-electron chi connectivity index (χ1n) is 3.01. The van der Waals surface area contributed by atoms with Crippen LogP contribution in [0.25, 0.3) is 0 Å².